The van der Waals surface area contributed by atoms with Crippen molar-refractivity contribution in [1.82, 2.24) is 19.4 Å². The molecule has 1 saturated heterocycles. The fraction of sp³-hybridized carbons (Fsp3) is 0.500. The van der Waals surface area contributed by atoms with Crippen molar-refractivity contribution >= 4 is 17.5 Å². The maximum Gasteiger partial charge on any atom is 0.328 e. The number of nitrogens with one attached hydrogen (secondary N) is 1. The lowest BCUT2D eigenvalue weighted by Crippen LogP contribution is -2.53. The van der Waals surface area contributed by atoms with Gasteiger partial charge in [0.15, 0.2) is 0 Å². The predicted octanol–water partition coefficient (Wildman–Crippen LogP) is 2.33. The largest absolute Gasteiger partial charge is 0.336 e. The van der Waals surface area contributed by atoms with Crippen LogP contribution in [0.5, 0.6) is 0 Å². The van der Waals surface area contributed by atoms with Crippen LogP contribution in [0.25, 0.3) is 0 Å². The highest BCUT2D eigenvalue weighted by atomic mass is 35.5. The molecule has 1 saturated carbocycles. The molecule has 0 atom stereocenters. The number of benzene rings is 1. The number of H-pyrrole nitrogens is 1. The average Bonchev–Trinajstić information content (AvgIpc) is 2.78. The van der Waals surface area contributed by atoms with E-state index in [0.29, 0.717) is 29.7 Å². The summed E-state index contributed by atoms with van der Waals surface area (Å²) in [4.78, 5) is 45.0. The highest BCUT2D eigenvalue weighted by Gasteiger charge is 2.29. The molecule has 30 heavy (non-hydrogen) atoms. The zero-order chi connectivity index (χ0) is 21.1. The van der Waals surface area contributed by atoms with Gasteiger partial charge in [0.05, 0.1) is 6.54 Å². The number of hydrogen-bond donors (Lipinski definition) is 1. The third-order valence-corrected chi connectivity index (χ3v) is 6.64. The van der Waals surface area contributed by atoms with Crippen molar-refractivity contribution in [2.24, 2.45) is 0 Å². The molecule has 0 radical (unpaired) electrons. The summed E-state index contributed by atoms with van der Waals surface area (Å²) in [7, 11) is 0. The Labute approximate surface area is 180 Å². The lowest BCUT2D eigenvalue weighted by molar-refractivity contribution is 0.0520. The SMILES string of the molecule is O=C(c1c[nH]c(=O)n(Cc2ccccc2Cl)c1=O)N1CCN(C2CCCCC2)CC1. The van der Waals surface area contributed by atoms with Gasteiger partial charge in [-0.3, -0.25) is 19.1 Å². The lowest BCUT2D eigenvalue weighted by atomic mass is 9.94. The number of rotatable bonds is 4. The van der Waals surface area contributed by atoms with Crippen molar-refractivity contribution in [3.8, 4) is 0 Å². The van der Waals surface area contributed by atoms with Gasteiger partial charge in [0.25, 0.3) is 11.5 Å². The van der Waals surface area contributed by atoms with Crippen molar-refractivity contribution in [3.63, 3.8) is 0 Å². The highest BCUT2D eigenvalue weighted by Crippen LogP contribution is 2.23. The van der Waals surface area contributed by atoms with Crippen molar-refractivity contribution in [1.29, 1.82) is 0 Å². The molecule has 1 aliphatic carbocycles. The summed E-state index contributed by atoms with van der Waals surface area (Å²) < 4.78 is 1.03. The first kappa shape index (κ1) is 20.9. The van der Waals surface area contributed by atoms with E-state index >= 15 is 0 Å². The van der Waals surface area contributed by atoms with Gasteiger partial charge < -0.3 is 9.88 Å². The minimum Gasteiger partial charge on any atom is -0.336 e. The van der Waals surface area contributed by atoms with Gasteiger partial charge in [-0.2, -0.15) is 0 Å². The van der Waals surface area contributed by atoms with Crippen molar-refractivity contribution in [3.05, 3.63) is 67.4 Å². The van der Waals surface area contributed by atoms with Crippen LogP contribution in [-0.2, 0) is 6.54 Å². The van der Waals surface area contributed by atoms with Crippen molar-refractivity contribution in [2.45, 2.75) is 44.7 Å². The molecule has 2 heterocycles. The van der Waals surface area contributed by atoms with E-state index in [9.17, 15) is 14.4 Å². The Hall–Kier alpha value is -2.38. The molecule has 1 aromatic heterocycles. The van der Waals surface area contributed by atoms with Crippen LogP contribution in [-0.4, -0.2) is 57.5 Å². The molecule has 1 aromatic carbocycles. The topological polar surface area (TPSA) is 78.4 Å². The smallest absolute Gasteiger partial charge is 0.328 e. The van der Waals surface area contributed by atoms with E-state index in [-0.39, 0.29) is 18.0 Å². The molecule has 7 nitrogen and oxygen atoms in total. The lowest BCUT2D eigenvalue weighted by Gasteiger charge is -2.40. The standard InChI is InChI=1S/C22H27ClN4O3/c23-19-9-5-4-6-16(19)15-27-21(29)18(14-24-22(27)30)20(28)26-12-10-25(11-13-26)17-7-2-1-3-8-17/h4-6,9,14,17H,1-3,7-8,10-13,15H2,(H,24,30). The Balaban J connectivity index is 1.49. The van der Waals surface area contributed by atoms with E-state index < -0.39 is 11.2 Å². The van der Waals surface area contributed by atoms with Gasteiger partial charge in [-0.25, -0.2) is 4.79 Å². The third kappa shape index (κ3) is 4.37. The number of halogens is 1. The number of aromatic nitrogens is 2. The van der Waals surface area contributed by atoms with Gasteiger partial charge in [-0.15, -0.1) is 0 Å². The number of aromatic amines is 1. The van der Waals surface area contributed by atoms with Crippen molar-refractivity contribution < 1.29 is 4.79 Å². The second-order valence-electron chi connectivity index (χ2n) is 8.11. The summed E-state index contributed by atoms with van der Waals surface area (Å²) in [6.45, 7) is 2.86. The number of hydrogen-bond acceptors (Lipinski definition) is 4. The van der Waals surface area contributed by atoms with Crippen LogP contribution in [0.1, 0.15) is 48.0 Å². The number of piperazine rings is 1. The predicted molar refractivity (Wildman–Crippen MR) is 116 cm³/mol. The van der Waals surface area contributed by atoms with Crippen LogP contribution in [0.4, 0.5) is 0 Å². The Morgan fingerprint density at radius 3 is 2.43 bits per heavy atom. The first-order valence-electron chi connectivity index (χ1n) is 10.6. The molecule has 8 heteroatoms. The molecule has 0 bridgehead atoms. The van der Waals surface area contributed by atoms with E-state index in [2.05, 4.69) is 9.88 Å². The molecule has 1 amide bonds. The second-order valence-corrected chi connectivity index (χ2v) is 8.52. The molecule has 2 aromatic rings. The number of nitrogens with zero attached hydrogens (tertiary/aromatic N) is 3. The molecule has 1 aliphatic heterocycles. The van der Waals surface area contributed by atoms with Gasteiger partial charge in [0, 0.05) is 43.4 Å². The average molecular weight is 431 g/mol. The minimum absolute atomic E-state index is 0.00669. The fourth-order valence-electron chi connectivity index (χ4n) is 4.51. The molecule has 0 unspecified atom stereocenters. The Bertz CT molecular complexity index is 1020. The van der Waals surface area contributed by atoms with E-state index in [1.165, 1.54) is 38.3 Å². The zero-order valence-corrected chi connectivity index (χ0v) is 17.7. The van der Waals surface area contributed by atoms with Crippen molar-refractivity contribution in [2.75, 3.05) is 26.2 Å². The number of amides is 1. The Morgan fingerprint density at radius 2 is 1.73 bits per heavy atom. The van der Waals surface area contributed by atoms with Crippen LogP contribution >= 0.6 is 11.6 Å². The summed E-state index contributed by atoms with van der Waals surface area (Å²) >= 11 is 6.17. The maximum atomic E-state index is 13.0. The van der Waals surface area contributed by atoms with E-state index in [0.717, 1.165) is 17.7 Å². The summed E-state index contributed by atoms with van der Waals surface area (Å²) in [6.07, 6.45) is 7.60. The molecular weight excluding hydrogens is 404 g/mol. The van der Waals surface area contributed by atoms with Gasteiger partial charge >= 0.3 is 5.69 Å². The molecule has 4 rings (SSSR count). The van der Waals surface area contributed by atoms with E-state index in [4.69, 9.17) is 11.6 Å². The quantitative estimate of drug-likeness (QED) is 0.807. The second kappa shape index (κ2) is 9.18. The van der Waals surface area contributed by atoms with Crippen LogP contribution in [0.2, 0.25) is 5.02 Å². The number of carbonyl (C=O) groups is 1. The van der Waals surface area contributed by atoms with E-state index in [1.807, 2.05) is 0 Å². The number of carbonyl (C=O) groups excluding carboxylic acids is 1. The van der Waals surface area contributed by atoms with Crippen LogP contribution < -0.4 is 11.2 Å². The summed E-state index contributed by atoms with van der Waals surface area (Å²) in [6, 6.07) is 7.66. The summed E-state index contributed by atoms with van der Waals surface area (Å²) in [5.74, 6) is -0.326. The molecule has 1 N–H and O–H groups in total. The Morgan fingerprint density at radius 1 is 1.03 bits per heavy atom. The van der Waals surface area contributed by atoms with Gasteiger partial charge in [0.2, 0.25) is 0 Å². The summed E-state index contributed by atoms with van der Waals surface area (Å²) in [5, 5.41) is 0.472. The molecule has 160 valence electrons. The molecule has 2 fully saturated rings. The van der Waals surface area contributed by atoms with E-state index in [1.54, 1.807) is 29.2 Å². The molecular formula is C22H27ClN4O3. The third-order valence-electron chi connectivity index (χ3n) is 6.27. The first-order chi connectivity index (χ1) is 14.5. The Kier molecular flexibility index (Phi) is 6.39. The van der Waals surface area contributed by atoms with Crippen LogP contribution in [0.3, 0.4) is 0 Å². The van der Waals surface area contributed by atoms with Crippen LogP contribution in [0.15, 0.2) is 40.1 Å². The minimum atomic E-state index is -0.585. The normalized spacial score (nSPS) is 18.5. The molecule has 0 spiro atoms. The summed E-state index contributed by atoms with van der Waals surface area (Å²) in [5.41, 5.74) is -0.498. The fourth-order valence-corrected chi connectivity index (χ4v) is 4.71. The van der Waals surface area contributed by atoms with Gasteiger partial charge in [0.1, 0.15) is 5.56 Å². The monoisotopic (exact) mass is 430 g/mol. The maximum absolute atomic E-state index is 13.0. The highest BCUT2D eigenvalue weighted by molar-refractivity contribution is 6.31. The molecule has 2 aliphatic rings. The first-order valence-corrected chi connectivity index (χ1v) is 11.0. The van der Waals surface area contributed by atoms with Gasteiger partial charge in [-0.05, 0) is 24.5 Å². The van der Waals surface area contributed by atoms with Crippen LogP contribution in [0, 0.1) is 0 Å². The van der Waals surface area contributed by atoms with Gasteiger partial charge in [-0.1, -0.05) is 49.1 Å². The zero-order valence-electron chi connectivity index (χ0n) is 17.0.